The van der Waals surface area contributed by atoms with Gasteiger partial charge < -0.3 is 5.73 Å². The van der Waals surface area contributed by atoms with Gasteiger partial charge in [-0.05, 0) is 36.5 Å². The molecule has 0 aliphatic carbocycles. The minimum absolute atomic E-state index is 0.0576. The Morgan fingerprint density at radius 1 is 1.26 bits per heavy atom. The lowest BCUT2D eigenvalue weighted by molar-refractivity contribution is 0.0959. The maximum atomic E-state index is 12.0. The van der Waals surface area contributed by atoms with E-state index in [9.17, 15) is 4.79 Å². The molecule has 0 radical (unpaired) electrons. The van der Waals surface area contributed by atoms with Gasteiger partial charge in [0.15, 0.2) is 5.11 Å². The quantitative estimate of drug-likeness (QED) is 0.661. The fourth-order valence-electron chi connectivity index (χ4n) is 1.42. The molecule has 1 aromatic heterocycles. The second-order valence-electron chi connectivity index (χ2n) is 3.55. The number of thiophene rings is 1. The predicted molar refractivity (Wildman–Crippen MR) is 82.5 cm³/mol. The van der Waals surface area contributed by atoms with Gasteiger partial charge in [0.2, 0.25) is 0 Å². The first-order valence-electron chi connectivity index (χ1n) is 5.29. The van der Waals surface area contributed by atoms with Crippen LogP contribution in [0.5, 0.6) is 0 Å². The number of nitrogens with two attached hydrogens (primary N) is 1. The average Bonchev–Trinajstić information content (AvgIpc) is 2.83. The van der Waals surface area contributed by atoms with E-state index in [1.165, 1.54) is 16.3 Å². The van der Waals surface area contributed by atoms with Gasteiger partial charge in [0, 0.05) is 0 Å². The summed E-state index contributed by atoms with van der Waals surface area (Å²) in [7, 11) is 0. The number of amides is 1. The van der Waals surface area contributed by atoms with E-state index < -0.39 is 0 Å². The summed E-state index contributed by atoms with van der Waals surface area (Å²) in [5, 5.41) is 1.41. The van der Waals surface area contributed by atoms with Crippen LogP contribution in [0.2, 0.25) is 4.34 Å². The van der Waals surface area contributed by atoms with E-state index >= 15 is 0 Å². The molecule has 3 N–H and O–H groups in total. The van der Waals surface area contributed by atoms with Crippen molar-refractivity contribution in [2.45, 2.75) is 0 Å². The Labute approximate surface area is 124 Å². The normalized spacial score (nSPS) is 9.95. The number of carbonyl (C=O) groups excluding carboxylic acids is 1. The Kier molecular flexibility index (Phi) is 4.36. The zero-order valence-corrected chi connectivity index (χ0v) is 12.1. The first-order chi connectivity index (χ1) is 9.08. The topological polar surface area (TPSA) is 58.4 Å². The molecule has 0 spiro atoms. The fraction of sp³-hybridized carbons (Fsp3) is 0. The Morgan fingerprint density at radius 3 is 2.47 bits per heavy atom. The lowest BCUT2D eigenvalue weighted by atomic mass is 10.3. The third kappa shape index (κ3) is 3.44. The lowest BCUT2D eigenvalue weighted by Gasteiger charge is -2.22. The van der Waals surface area contributed by atoms with Crippen LogP contribution in [-0.2, 0) is 0 Å². The van der Waals surface area contributed by atoms with Gasteiger partial charge in [-0.1, -0.05) is 29.8 Å². The third-order valence-electron chi connectivity index (χ3n) is 2.25. The highest BCUT2D eigenvalue weighted by Crippen LogP contribution is 2.21. The molecule has 1 amide bonds. The maximum absolute atomic E-state index is 12.0. The van der Waals surface area contributed by atoms with Crippen LogP contribution in [0.25, 0.3) is 0 Å². The van der Waals surface area contributed by atoms with Gasteiger partial charge in [-0.2, -0.15) is 0 Å². The molecule has 0 saturated carbocycles. The number of anilines is 1. The van der Waals surface area contributed by atoms with Crippen molar-refractivity contribution in [3.05, 3.63) is 51.7 Å². The van der Waals surface area contributed by atoms with E-state index in [0.29, 0.717) is 14.9 Å². The van der Waals surface area contributed by atoms with Crippen LogP contribution in [0.15, 0.2) is 42.5 Å². The highest BCUT2D eigenvalue weighted by Gasteiger charge is 2.15. The number of benzene rings is 1. The van der Waals surface area contributed by atoms with Crippen molar-refractivity contribution in [2.75, 3.05) is 5.01 Å². The van der Waals surface area contributed by atoms with Crippen molar-refractivity contribution >= 4 is 51.9 Å². The number of hydrazine groups is 1. The number of halogens is 1. The lowest BCUT2D eigenvalue weighted by Crippen LogP contribution is -2.48. The minimum atomic E-state index is -0.312. The Balaban J connectivity index is 2.18. The number of hydrogen-bond donors (Lipinski definition) is 2. The Hall–Kier alpha value is -1.63. The molecule has 0 bridgehead atoms. The van der Waals surface area contributed by atoms with Crippen LogP contribution in [0.3, 0.4) is 0 Å². The molecule has 2 rings (SSSR count). The Morgan fingerprint density at radius 2 is 1.95 bits per heavy atom. The van der Waals surface area contributed by atoms with Crippen molar-refractivity contribution in [2.24, 2.45) is 5.73 Å². The molecule has 1 heterocycles. The molecule has 4 nitrogen and oxygen atoms in total. The molecular formula is C12H10ClN3OS2. The summed E-state index contributed by atoms with van der Waals surface area (Å²) in [4.78, 5) is 12.5. The number of thiocarbonyl (C=S) groups is 1. The molecule has 0 saturated heterocycles. The number of hydrogen-bond acceptors (Lipinski definition) is 3. The largest absolute Gasteiger partial charge is 0.374 e. The third-order valence-corrected chi connectivity index (χ3v) is 3.66. The molecule has 1 aromatic carbocycles. The van der Waals surface area contributed by atoms with Crippen molar-refractivity contribution in [1.29, 1.82) is 0 Å². The second kappa shape index (κ2) is 6.01. The summed E-state index contributed by atoms with van der Waals surface area (Å²) >= 11 is 11.9. The van der Waals surface area contributed by atoms with Gasteiger partial charge in [0.25, 0.3) is 5.91 Å². The summed E-state index contributed by atoms with van der Waals surface area (Å²) in [5.41, 5.74) is 8.95. The van der Waals surface area contributed by atoms with Crippen molar-refractivity contribution in [1.82, 2.24) is 5.43 Å². The molecule has 0 aliphatic heterocycles. The SMILES string of the molecule is NC(=S)N(NC(=O)c1ccc(Cl)s1)c1ccccc1. The predicted octanol–water partition coefficient (Wildman–Crippen LogP) is 2.80. The Bertz CT molecular complexity index is 600. The molecule has 0 fully saturated rings. The second-order valence-corrected chi connectivity index (χ2v) is 5.69. The number of carbonyl (C=O) groups is 1. The van der Waals surface area contributed by atoms with Gasteiger partial charge in [0.1, 0.15) is 0 Å². The van der Waals surface area contributed by atoms with Crippen LogP contribution in [0, 0.1) is 0 Å². The zero-order chi connectivity index (χ0) is 13.8. The fourth-order valence-corrected chi connectivity index (χ4v) is 2.50. The van der Waals surface area contributed by atoms with Crippen LogP contribution >= 0.6 is 35.2 Å². The van der Waals surface area contributed by atoms with E-state index in [4.69, 9.17) is 29.6 Å². The van der Waals surface area contributed by atoms with E-state index in [1.807, 2.05) is 18.2 Å². The van der Waals surface area contributed by atoms with Crippen LogP contribution in [0.1, 0.15) is 9.67 Å². The summed E-state index contributed by atoms with van der Waals surface area (Å²) in [5.74, 6) is -0.312. The number of nitrogens with zero attached hydrogens (tertiary/aromatic N) is 1. The average molecular weight is 312 g/mol. The molecule has 7 heteroatoms. The highest BCUT2D eigenvalue weighted by molar-refractivity contribution is 7.80. The molecule has 2 aromatic rings. The van der Waals surface area contributed by atoms with Gasteiger partial charge in [-0.15, -0.1) is 11.3 Å². The smallest absolute Gasteiger partial charge is 0.280 e. The number of rotatable bonds is 2. The summed E-state index contributed by atoms with van der Waals surface area (Å²) < 4.78 is 0.548. The molecule has 0 unspecified atom stereocenters. The van der Waals surface area contributed by atoms with Gasteiger partial charge in [0.05, 0.1) is 14.9 Å². The molecular weight excluding hydrogens is 302 g/mol. The maximum Gasteiger partial charge on any atom is 0.280 e. The van der Waals surface area contributed by atoms with Gasteiger partial charge in [-0.25, -0.2) is 5.01 Å². The first kappa shape index (κ1) is 13.8. The van der Waals surface area contributed by atoms with E-state index in [0.717, 1.165) is 0 Å². The van der Waals surface area contributed by atoms with Crippen LogP contribution in [-0.4, -0.2) is 11.0 Å². The molecule has 0 atom stereocenters. The highest BCUT2D eigenvalue weighted by atomic mass is 35.5. The van der Waals surface area contributed by atoms with Crippen LogP contribution in [0.4, 0.5) is 5.69 Å². The van der Waals surface area contributed by atoms with Crippen molar-refractivity contribution < 1.29 is 4.79 Å². The zero-order valence-electron chi connectivity index (χ0n) is 9.67. The monoisotopic (exact) mass is 311 g/mol. The minimum Gasteiger partial charge on any atom is -0.374 e. The molecule has 98 valence electrons. The first-order valence-corrected chi connectivity index (χ1v) is 6.89. The summed E-state index contributed by atoms with van der Waals surface area (Å²) in [6, 6.07) is 12.4. The van der Waals surface area contributed by atoms with Crippen molar-refractivity contribution in [3.8, 4) is 0 Å². The van der Waals surface area contributed by atoms with E-state index in [2.05, 4.69) is 5.43 Å². The van der Waals surface area contributed by atoms with Gasteiger partial charge >= 0.3 is 0 Å². The number of nitrogens with one attached hydrogen (secondary N) is 1. The standard InChI is InChI=1S/C12H10ClN3OS2/c13-10-7-6-9(19-10)11(17)15-16(12(14)18)8-4-2-1-3-5-8/h1-7H,(H2,14,18)(H,15,17). The number of para-hydroxylation sites is 1. The van der Waals surface area contributed by atoms with Crippen molar-refractivity contribution in [3.63, 3.8) is 0 Å². The van der Waals surface area contributed by atoms with Gasteiger partial charge in [-0.3, -0.25) is 10.2 Å². The summed E-state index contributed by atoms with van der Waals surface area (Å²) in [6.07, 6.45) is 0. The van der Waals surface area contributed by atoms with E-state index in [-0.39, 0.29) is 11.0 Å². The molecule has 0 aliphatic rings. The molecule has 19 heavy (non-hydrogen) atoms. The van der Waals surface area contributed by atoms with Crippen LogP contribution < -0.4 is 16.2 Å². The van der Waals surface area contributed by atoms with E-state index in [1.54, 1.807) is 24.3 Å². The summed E-state index contributed by atoms with van der Waals surface area (Å²) in [6.45, 7) is 0.